The van der Waals surface area contributed by atoms with Crippen molar-refractivity contribution in [2.45, 2.75) is 6.42 Å². The lowest BCUT2D eigenvalue weighted by Crippen LogP contribution is -2.40. The fourth-order valence-corrected chi connectivity index (χ4v) is 2.84. The highest BCUT2D eigenvalue weighted by atomic mass is 19.1. The van der Waals surface area contributed by atoms with Gasteiger partial charge in [0.2, 0.25) is 0 Å². The van der Waals surface area contributed by atoms with Gasteiger partial charge in [0.1, 0.15) is 0 Å². The van der Waals surface area contributed by atoms with Crippen LogP contribution in [0.15, 0.2) is 18.3 Å². The van der Waals surface area contributed by atoms with E-state index in [1.807, 2.05) is 0 Å². The Hall–Kier alpha value is -1.16. The molecule has 0 bridgehead atoms. The first kappa shape index (κ1) is 10.0. The van der Waals surface area contributed by atoms with Crippen molar-refractivity contribution in [3.05, 3.63) is 24.1 Å². The van der Waals surface area contributed by atoms with Gasteiger partial charge >= 0.3 is 0 Å². The monoisotopic (exact) mass is 221 g/mol. The Kier molecular flexibility index (Phi) is 2.52. The standard InChI is InChI=1S/C12H16FN3/c13-11-2-1-4-15-12(11)16-5-3-9-6-14-7-10(9)8-16/h1-2,4,9-10,14H,3,5-8H2. The summed E-state index contributed by atoms with van der Waals surface area (Å²) in [5.41, 5.74) is 0. The number of pyridine rings is 1. The maximum absolute atomic E-state index is 13.6. The Balaban J connectivity index is 1.79. The van der Waals surface area contributed by atoms with Crippen molar-refractivity contribution in [3.8, 4) is 0 Å². The maximum Gasteiger partial charge on any atom is 0.165 e. The molecule has 86 valence electrons. The molecule has 1 aromatic rings. The second-order valence-corrected chi connectivity index (χ2v) is 4.72. The molecule has 1 N–H and O–H groups in total. The minimum absolute atomic E-state index is 0.202. The van der Waals surface area contributed by atoms with Gasteiger partial charge in [-0.15, -0.1) is 0 Å². The topological polar surface area (TPSA) is 28.2 Å². The van der Waals surface area contributed by atoms with Crippen LogP contribution in [0, 0.1) is 17.7 Å². The van der Waals surface area contributed by atoms with Crippen LogP contribution >= 0.6 is 0 Å². The summed E-state index contributed by atoms with van der Waals surface area (Å²) < 4.78 is 13.6. The molecule has 0 radical (unpaired) electrons. The van der Waals surface area contributed by atoms with Gasteiger partial charge in [0, 0.05) is 19.3 Å². The van der Waals surface area contributed by atoms with Crippen LogP contribution in [0.5, 0.6) is 0 Å². The average Bonchev–Trinajstić information content (AvgIpc) is 2.76. The zero-order chi connectivity index (χ0) is 11.0. The molecule has 0 saturated carbocycles. The van der Waals surface area contributed by atoms with E-state index in [-0.39, 0.29) is 5.82 Å². The number of nitrogens with one attached hydrogen (secondary N) is 1. The Morgan fingerprint density at radius 1 is 1.38 bits per heavy atom. The Morgan fingerprint density at radius 3 is 3.12 bits per heavy atom. The summed E-state index contributed by atoms with van der Waals surface area (Å²) in [6.07, 6.45) is 2.81. The SMILES string of the molecule is Fc1cccnc1N1CCC2CNCC2C1. The molecule has 2 unspecified atom stereocenters. The molecule has 4 heteroatoms. The van der Waals surface area contributed by atoms with Gasteiger partial charge in [-0.2, -0.15) is 0 Å². The second-order valence-electron chi connectivity index (χ2n) is 4.72. The Morgan fingerprint density at radius 2 is 2.25 bits per heavy atom. The predicted octanol–water partition coefficient (Wildman–Crippen LogP) is 1.27. The van der Waals surface area contributed by atoms with Crippen molar-refractivity contribution < 1.29 is 4.39 Å². The van der Waals surface area contributed by atoms with Gasteiger partial charge in [0.25, 0.3) is 0 Å². The van der Waals surface area contributed by atoms with Gasteiger partial charge in [-0.1, -0.05) is 0 Å². The minimum Gasteiger partial charge on any atom is -0.354 e. The van der Waals surface area contributed by atoms with Crippen molar-refractivity contribution >= 4 is 5.82 Å². The highest BCUT2D eigenvalue weighted by molar-refractivity contribution is 5.40. The number of piperidine rings is 1. The number of nitrogens with zero attached hydrogens (tertiary/aromatic N) is 2. The summed E-state index contributed by atoms with van der Waals surface area (Å²) in [5, 5.41) is 3.41. The van der Waals surface area contributed by atoms with Crippen LogP contribution in [-0.2, 0) is 0 Å². The number of halogens is 1. The van der Waals surface area contributed by atoms with Gasteiger partial charge in [-0.3, -0.25) is 0 Å². The summed E-state index contributed by atoms with van der Waals surface area (Å²) in [4.78, 5) is 6.23. The minimum atomic E-state index is -0.202. The molecular weight excluding hydrogens is 205 g/mol. The number of fused-ring (bicyclic) bond motifs is 1. The Labute approximate surface area is 94.7 Å². The van der Waals surface area contributed by atoms with E-state index in [1.165, 1.54) is 6.07 Å². The molecule has 3 heterocycles. The van der Waals surface area contributed by atoms with E-state index in [1.54, 1.807) is 12.3 Å². The quantitative estimate of drug-likeness (QED) is 0.774. The zero-order valence-corrected chi connectivity index (χ0v) is 9.19. The number of anilines is 1. The molecule has 2 aliphatic rings. The molecular formula is C12H16FN3. The molecule has 2 atom stereocenters. The largest absolute Gasteiger partial charge is 0.354 e. The summed E-state index contributed by atoms with van der Waals surface area (Å²) in [7, 11) is 0. The van der Waals surface area contributed by atoms with E-state index in [0.29, 0.717) is 11.7 Å². The normalized spacial score (nSPS) is 29.2. The summed E-state index contributed by atoms with van der Waals surface area (Å²) in [6.45, 7) is 4.06. The highest BCUT2D eigenvalue weighted by Gasteiger charge is 2.33. The maximum atomic E-state index is 13.6. The van der Waals surface area contributed by atoms with E-state index < -0.39 is 0 Å². The molecule has 2 aliphatic heterocycles. The average molecular weight is 221 g/mol. The molecule has 0 amide bonds. The number of aromatic nitrogens is 1. The van der Waals surface area contributed by atoms with Gasteiger partial charge < -0.3 is 10.2 Å². The van der Waals surface area contributed by atoms with Crippen LogP contribution in [0.4, 0.5) is 10.2 Å². The molecule has 0 aromatic carbocycles. The lowest BCUT2D eigenvalue weighted by atomic mass is 9.89. The summed E-state index contributed by atoms with van der Waals surface area (Å²) in [5.74, 6) is 1.76. The third-order valence-electron chi connectivity index (χ3n) is 3.74. The van der Waals surface area contributed by atoms with E-state index in [9.17, 15) is 4.39 Å². The zero-order valence-electron chi connectivity index (χ0n) is 9.19. The van der Waals surface area contributed by atoms with E-state index in [0.717, 1.165) is 38.5 Å². The fourth-order valence-electron chi connectivity index (χ4n) is 2.84. The first-order valence-corrected chi connectivity index (χ1v) is 5.91. The van der Waals surface area contributed by atoms with Crippen LogP contribution in [0.2, 0.25) is 0 Å². The van der Waals surface area contributed by atoms with Crippen LogP contribution in [-0.4, -0.2) is 31.2 Å². The molecule has 3 rings (SSSR count). The second kappa shape index (κ2) is 4.01. The fraction of sp³-hybridized carbons (Fsp3) is 0.583. The van der Waals surface area contributed by atoms with Gasteiger partial charge in [0.15, 0.2) is 11.6 Å². The van der Waals surface area contributed by atoms with Crippen molar-refractivity contribution in [3.63, 3.8) is 0 Å². The molecule has 2 fully saturated rings. The predicted molar refractivity (Wildman–Crippen MR) is 60.9 cm³/mol. The molecule has 3 nitrogen and oxygen atoms in total. The van der Waals surface area contributed by atoms with Crippen LogP contribution in [0.1, 0.15) is 6.42 Å². The third-order valence-corrected chi connectivity index (χ3v) is 3.74. The van der Waals surface area contributed by atoms with Crippen molar-refractivity contribution in [2.24, 2.45) is 11.8 Å². The van der Waals surface area contributed by atoms with Crippen LogP contribution in [0.25, 0.3) is 0 Å². The Bertz CT molecular complexity index is 382. The molecule has 16 heavy (non-hydrogen) atoms. The molecule has 2 saturated heterocycles. The number of hydrogen-bond acceptors (Lipinski definition) is 3. The lowest BCUT2D eigenvalue weighted by molar-refractivity contribution is 0.345. The molecule has 1 aromatic heterocycles. The van der Waals surface area contributed by atoms with Gasteiger partial charge in [0.05, 0.1) is 0 Å². The third kappa shape index (κ3) is 1.67. The molecule has 0 spiro atoms. The first-order chi connectivity index (χ1) is 7.84. The lowest BCUT2D eigenvalue weighted by Gasteiger charge is -2.35. The number of hydrogen-bond donors (Lipinski definition) is 1. The van der Waals surface area contributed by atoms with Crippen molar-refractivity contribution in [2.75, 3.05) is 31.1 Å². The first-order valence-electron chi connectivity index (χ1n) is 5.91. The summed E-state index contributed by atoms with van der Waals surface area (Å²) >= 11 is 0. The van der Waals surface area contributed by atoms with Crippen LogP contribution in [0.3, 0.4) is 0 Å². The van der Waals surface area contributed by atoms with Crippen molar-refractivity contribution in [1.29, 1.82) is 0 Å². The smallest absolute Gasteiger partial charge is 0.165 e. The van der Waals surface area contributed by atoms with Crippen LogP contribution < -0.4 is 10.2 Å². The van der Waals surface area contributed by atoms with E-state index in [2.05, 4.69) is 15.2 Å². The van der Waals surface area contributed by atoms with Gasteiger partial charge in [-0.25, -0.2) is 9.37 Å². The van der Waals surface area contributed by atoms with Crippen molar-refractivity contribution in [1.82, 2.24) is 10.3 Å². The molecule has 0 aliphatic carbocycles. The summed E-state index contributed by atoms with van der Waals surface area (Å²) in [6, 6.07) is 3.13. The van der Waals surface area contributed by atoms with Gasteiger partial charge in [-0.05, 0) is 43.5 Å². The van der Waals surface area contributed by atoms with E-state index >= 15 is 0 Å². The number of rotatable bonds is 1. The van der Waals surface area contributed by atoms with E-state index in [4.69, 9.17) is 0 Å². The highest BCUT2D eigenvalue weighted by Crippen LogP contribution is 2.29.